The number of aryl methyl sites for hydroxylation is 1. The first-order chi connectivity index (χ1) is 8.49. The van der Waals surface area contributed by atoms with Gasteiger partial charge in [-0.2, -0.15) is 0 Å². The Balaban J connectivity index is 2.28. The highest BCUT2D eigenvalue weighted by molar-refractivity contribution is 5.93. The van der Waals surface area contributed by atoms with Gasteiger partial charge in [-0.05, 0) is 25.7 Å². The van der Waals surface area contributed by atoms with E-state index in [1.165, 1.54) is 12.8 Å². The molecule has 3 N–H and O–H groups in total. The van der Waals surface area contributed by atoms with E-state index in [2.05, 4.69) is 16.9 Å². The van der Waals surface area contributed by atoms with Gasteiger partial charge in [0.2, 0.25) is 0 Å². The third-order valence-corrected chi connectivity index (χ3v) is 3.73. The number of carboxylic acids is 1. The molecule has 0 amide bonds. The van der Waals surface area contributed by atoms with E-state index in [9.17, 15) is 4.79 Å². The van der Waals surface area contributed by atoms with Crippen LogP contribution in [0.1, 0.15) is 60.4 Å². The number of aromatic nitrogens is 2. The molecule has 0 saturated heterocycles. The minimum Gasteiger partial charge on any atom is -0.477 e. The third kappa shape index (κ3) is 2.44. The Bertz CT molecular complexity index is 442. The molecule has 1 aromatic rings. The molecule has 18 heavy (non-hydrogen) atoms. The second-order valence-corrected chi connectivity index (χ2v) is 5.19. The van der Waals surface area contributed by atoms with Gasteiger partial charge in [0.25, 0.3) is 0 Å². The van der Waals surface area contributed by atoms with Gasteiger partial charge in [-0.25, -0.2) is 14.8 Å². The number of nitrogens with zero attached hydrogens (tertiary/aromatic N) is 2. The van der Waals surface area contributed by atoms with Crippen molar-refractivity contribution >= 4 is 11.8 Å². The molecule has 5 heteroatoms. The van der Waals surface area contributed by atoms with Gasteiger partial charge >= 0.3 is 5.97 Å². The van der Waals surface area contributed by atoms with E-state index in [4.69, 9.17) is 10.8 Å². The van der Waals surface area contributed by atoms with Gasteiger partial charge in [0.05, 0.1) is 5.69 Å². The minimum absolute atomic E-state index is 0.0305. The molecule has 2 rings (SSSR count). The van der Waals surface area contributed by atoms with Crippen LogP contribution in [0.4, 0.5) is 5.82 Å². The van der Waals surface area contributed by atoms with E-state index in [-0.39, 0.29) is 11.4 Å². The number of anilines is 1. The van der Waals surface area contributed by atoms with E-state index in [0.29, 0.717) is 17.4 Å². The molecular weight excluding hydrogens is 230 g/mol. The molecule has 98 valence electrons. The number of hydrogen-bond donors (Lipinski definition) is 2. The Morgan fingerprint density at radius 1 is 1.28 bits per heavy atom. The van der Waals surface area contributed by atoms with Crippen molar-refractivity contribution in [3.63, 3.8) is 0 Å². The second-order valence-electron chi connectivity index (χ2n) is 5.19. The lowest BCUT2D eigenvalue weighted by Gasteiger charge is -2.25. The fourth-order valence-corrected chi connectivity index (χ4v) is 2.58. The summed E-state index contributed by atoms with van der Waals surface area (Å²) in [7, 11) is 0. The van der Waals surface area contributed by atoms with Crippen molar-refractivity contribution in [1.29, 1.82) is 0 Å². The van der Waals surface area contributed by atoms with Gasteiger partial charge in [0.15, 0.2) is 0 Å². The van der Waals surface area contributed by atoms with Crippen LogP contribution in [0.3, 0.4) is 0 Å². The molecule has 1 aliphatic rings. The predicted molar refractivity (Wildman–Crippen MR) is 68.5 cm³/mol. The predicted octanol–water partition coefficient (Wildman–Crippen LogP) is 2.36. The van der Waals surface area contributed by atoms with E-state index in [1.54, 1.807) is 6.92 Å². The van der Waals surface area contributed by atoms with Crippen molar-refractivity contribution in [3.05, 3.63) is 17.1 Å². The number of aromatic carboxylic acids is 1. The Morgan fingerprint density at radius 3 is 2.39 bits per heavy atom. The quantitative estimate of drug-likeness (QED) is 0.839. The Labute approximate surface area is 106 Å². The summed E-state index contributed by atoms with van der Waals surface area (Å²) in [4.78, 5) is 19.5. The van der Waals surface area contributed by atoms with E-state index < -0.39 is 5.97 Å². The van der Waals surface area contributed by atoms with Gasteiger partial charge in [0, 0.05) is 5.92 Å². The molecule has 0 bridgehead atoms. The standard InChI is InChI=1S/C13H19N3O2/c1-7-3-5-9(6-4-7)12-15-8(2)10(13(17)18)11(14)16-12/h7,9H,3-6H2,1-2H3,(H,17,18)(H2,14,15,16). The van der Waals surface area contributed by atoms with Gasteiger partial charge in [-0.1, -0.05) is 19.8 Å². The maximum atomic E-state index is 11.0. The molecule has 5 nitrogen and oxygen atoms in total. The monoisotopic (exact) mass is 249 g/mol. The van der Waals surface area contributed by atoms with Crippen LogP contribution in [0.5, 0.6) is 0 Å². The highest BCUT2D eigenvalue weighted by Crippen LogP contribution is 2.34. The van der Waals surface area contributed by atoms with Crippen LogP contribution in [0, 0.1) is 12.8 Å². The molecule has 0 radical (unpaired) electrons. The van der Waals surface area contributed by atoms with Crippen molar-refractivity contribution in [2.75, 3.05) is 5.73 Å². The summed E-state index contributed by atoms with van der Waals surface area (Å²) in [6, 6.07) is 0. The number of carbonyl (C=O) groups is 1. The molecule has 1 saturated carbocycles. The molecule has 0 unspecified atom stereocenters. The van der Waals surface area contributed by atoms with Crippen LogP contribution in [0.2, 0.25) is 0 Å². The summed E-state index contributed by atoms with van der Waals surface area (Å²) in [6.45, 7) is 3.93. The highest BCUT2D eigenvalue weighted by Gasteiger charge is 2.24. The normalized spacial score (nSPS) is 23.9. The summed E-state index contributed by atoms with van der Waals surface area (Å²) >= 11 is 0. The van der Waals surface area contributed by atoms with E-state index in [0.717, 1.165) is 18.8 Å². The highest BCUT2D eigenvalue weighted by atomic mass is 16.4. The smallest absolute Gasteiger partial charge is 0.341 e. The lowest BCUT2D eigenvalue weighted by atomic mass is 9.82. The average molecular weight is 249 g/mol. The molecule has 0 aromatic carbocycles. The van der Waals surface area contributed by atoms with Crippen molar-refractivity contribution in [1.82, 2.24) is 9.97 Å². The van der Waals surface area contributed by atoms with Crippen molar-refractivity contribution in [2.45, 2.75) is 45.4 Å². The third-order valence-electron chi connectivity index (χ3n) is 3.73. The van der Waals surface area contributed by atoms with Crippen LogP contribution in [-0.2, 0) is 0 Å². The van der Waals surface area contributed by atoms with E-state index >= 15 is 0 Å². The molecule has 1 aliphatic carbocycles. The number of nitrogen functional groups attached to an aromatic ring is 1. The zero-order chi connectivity index (χ0) is 13.3. The molecule has 0 aliphatic heterocycles. The van der Waals surface area contributed by atoms with Crippen LogP contribution >= 0.6 is 0 Å². The van der Waals surface area contributed by atoms with Crippen LogP contribution in [-0.4, -0.2) is 21.0 Å². The molecule has 0 spiro atoms. The van der Waals surface area contributed by atoms with Crippen LogP contribution in [0.25, 0.3) is 0 Å². The van der Waals surface area contributed by atoms with Gasteiger partial charge in [0.1, 0.15) is 17.2 Å². The van der Waals surface area contributed by atoms with Crippen molar-refractivity contribution in [3.8, 4) is 0 Å². The fourth-order valence-electron chi connectivity index (χ4n) is 2.58. The Morgan fingerprint density at radius 2 is 1.89 bits per heavy atom. The maximum Gasteiger partial charge on any atom is 0.341 e. The first-order valence-corrected chi connectivity index (χ1v) is 6.36. The minimum atomic E-state index is -1.06. The Hall–Kier alpha value is -1.65. The molecule has 1 aromatic heterocycles. The number of rotatable bonds is 2. The zero-order valence-electron chi connectivity index (χ0n) is 10.8. The van der Waals surface area contributed by atoms with Crippen molar-refractivity contribution in [2.24, 2.45) is 5.92 Å². The first-order valence-electron chi connectivity index (χ1n) is 6.36. The average Bonchev–Trinajstić information content (AvgIpc) is 2.28. The Kier molecular flexibility index (Phi) is 3.50. The summed E-state index contributed by atoms with van der Waals surface area (Å²) < 4.78 is 0. The lowest BCUT2D eigenvalue weighted by molar-refractivity contribution is 0.0696. The molecule has 0 atom stereocenters. The number of carboxylic acid groups (broad SMARTS) is 1. The largest absolute Gasteiger partial charge is 0.477 e. The number of nitrogens with two attached hydrogens (primary N) is 1. The summed E-state index contributed by atoms with van der Waals surface area (Å²) in [6.07, 6.45) is 4.47. The van der Waals surface area contributed by atoms with Gasteiger partial charge in [-0.15, -0.1) is 0 Å². The van der Waals surface area contributed by atoms with Crippen LogP contribution in [0.15, 0.2) is 0 Å². The summed E-state index contributed by atoms with van der Waals surface area (Å²) in [5, 5.41) is 9.02. The van der Waals surface area contributed by atoms with Gasteiger partial charge in [-0.3, -0.25) is 0 Å². The molecule has 1 heterocycles. The zero-order valence-corrected chi connectivity index (χ0v) is 10.8. The first kappa shape index (κ1) is 12.8. The summed E-state index contributed by atoms with van der Waals surface area (Å²) in [5.41, 5.74) is 6.22. The van der Waals surface area contributed by atoms with Gasteiger partial charge < -0.3 is 10.8 Å². The van der Waals surface area contributed by atoms with Crippen molar-refractivity contribution < 1.29 is 9.90 Å². The van der Waals surface area contributed by atoms with E-state index in [1.807, 2.05) is 0 Å². The maximum absolute atomic E-state index is 11.0. The number of hydrogen-bond acceptors (Lipinski definition) is 4. The summed E-state index contributed by atoms with van der Waals surface area (Å²) in [5.74, 6) is 0.822. The SMILES string of the molecule is Cc1nc(C2CCC(C)CC2)nc(N)c1C(=O)O. The van der Waals surface area contributed by atoms with Crippen LogP contribution < -0.4 is 5.73 Å². The molecule has 1 fully saturated rings. The lowest BCUT2D eigenvalue weighted by Crippen LogP contribution is -2.17. The second kappa shape index (κ2) is 4.92. The topological polar surface area (TPSA) is 89.1 Å². The fraction of sp³-hybridized carbons (Fsp3) is 0.615. The molecular formula is C13H19N3O2.